The zero-order valence-corrected chi connectivity index (χ0v) is 12.9. The Morgan fingerprint density at radius 1 is 1.32 bits per heavy atom. The van der Waals surface area contributed by atoms with Gasteiger partial charge in [-0.2, -0.15) is 0 Å². The van der Waals surface area contributed by atoms with Crippen LogP contribution < -0.4 is 15.1 Å². The van der Waals surface area contributed by atoms with Gasteiger partial charge in [0, 0.05) is 17.3 Å². The normalized spacial score (nSPS) is 15.8. The van der Waals surface area contributed by atoms with Gasteiger partial charge in [-0.1, -0.05) is 0 Å². The summed E-state index contributed by atoms with van der Waals surface area (Å²) in [7, 11) is 0. The van der Waals surface area contributed by atoms with Crippen molar-refractivity contribution in [2.75, 3.05) is 42.9 Å². The summed E-state index contributed by atoms with van der Waals surface area (Å²) in [6.07, 6.45) is 1.68. The van der Waals surface area contributed by atoms with E-state index in [1.807, 2.05) is 5.38 Å². The van der Waals surface area contributed by atoms with E-state index in [0.717, 1.165) is 31.9 Å². The molecule has 1 fully saturated rings. The van der Waals surface area contributed by atoms with E-state index in [4.69, 9.17) is 0 Å². The summed E-state index contributed by atoms with van der Waals surface area (Å²) in [5, 5.41) is 5.30. The van der Waals surface area contributed by atoms with Gasteiger partial charge in [0.25, 0.3) is 5.91 Å². The topological polar surface area (TPSA) is 49.7 Å². The van der Waals surface area contributed by atoms with Gasteiger partial charge in [-0.3, -0.25) is 10.1 Å². The molecule has 3 rings (SSSR count). The first-order chi connectivity index (χ1) is 10.7. The number of nitrogens with one attached hydrogen (secondary N) is 2. The van der Waals surface area contributed by atoms with Crippen molar-refractivity contribution in [2.45, 2.75) is 0 Å². The fraction of sp³-hybridized carbons (Fsp3) is 0.333. The summed E-state index contributed by atoms with van der Waals surface area (Å²) in [6.45, 7) is 3.97. The smallest absolute Gasteiger partial charge is 0.281 e. The number of anilines is 2. The van der Waals surface area contributed by atoms with Gasteiger partial charge in [0.15, 0.2) is 11.7 Å². The van der Waals surface area contributed by atoms with Crippen molar-refractivity contribution in [3.63, 3.8) is 0 Å². The van der Waals surface area contributed by atoms with E-state index in [1.54, 1.807) is 18.3 Å². The van der Waals surface area contributed by atoms with Crippen molar-refractivity contribution >= 4 is 28.1 Å². The molecule has 0 unspecified atom stereocenters. The average Bonchev–Trinajstić information content (AvgIpc) is 3.02. The van der Waals surface area contributed by atoms with Crippen molar-refractivity contribution < 1.29 is 14.1 Å². The lowest BCUT2D eigenvalue weighted by Crippen LogP contribution is -3.15. The molecule has 0 radical (unpaired) electrons. The number of benzene rings is 1. The number of carbonyl (C=O) groups excluding carboxylic acids is 1. The van der Waals surface area contributed by atoms with Crippen LogP contribution in [0.2, 0.25) is 0 Å². The van der Waals surface area contributed by atoms with Crippen molar-refractivity contribution in [3.05, 3.63) is 41.7 Å². The first-order valence-electron chi connectivity index (χ1n) is 7.24. The summed E-state index contributed by atoms with van der Waals surface area (Å²) in [4.78, 5) is 19.5. The van der Waals surface area contributed by atoms with Gasteiger partial charge >= 0.3 is 0 Å². The predicted octanol–water partition coefficient (Wildman–Crippen LogP) is 0.626. The second kappa shape index (κ2) is 6.85. The first kappa shape index (κ1) is 14.9. The molecule has 1 aromatic carbocycles. The highest BCUT2D eigenvalue weighted by molar-refractivity contribution is 7.13. The van der Waals surface area contributed by atoms with E-state index in [2.05, 4.69) is 15.2 Å². The zero-order valence-electron chi connectivity index (χ0n) is 12.1. The molecule has 5 nitrogen and oxygen atoms in total. The number of carbonyl (C=O) groups is 1. The molecule has 1 aromatic heterocycles. The Morgan fingerprint density at radius 3 is 2.68 bits per heavy atom. The Bertz CT molecular complexity index is 609. The quantitative estimate of drug-likeness (QED) is 0.868. The van der Waals surface area contributed by atoms with Crippen LogP contribution >= 0.6 is 11.3 Å². The molecular formula is C15H18FN4OS+. The number of aromatic nitrogens is 1. The van der Waals surface area contributed by atoms with Crippen LogP contribution in [0.5, 0.6) is 0 Å². The minimum Gasteiger partial charge on any atom is -0.360 e. The Morgan fingerprint density at radius 2 is 2.05 bits per heavy atom. The Hall–Kier alpha value is -1.99. The fourth-order valence-corrected chi connectivity index (χ4v) is 3.13. The molecule has 0 aliphatic carbocycles. The highest BCUT2D eigenvalue weighted by Gasteiger charge is 2.22. The highest BCUT2D eigenvalue weighted by atomic mass is 32.1. The molecule has 2 aromatic rings. The third kappa shape index (κ3) is 3.80. The second-order valence-corrected chi connectivity index (χ2v) is 6.17. The Kier molecular flexibility index (Phi) is 4.65. The number of hydrogen-bond acceptors (Lipinski definition) is 4. The lowest BCUT2D eigenvalue weighted by Gasteiger charge is -2.33. The number of halogens is 1. The molecule has 116 valence electrons. The highest BCUT2D eigenvalue weighted by Crippen LogP contribution is 2.14. The molecular weight excluding hydrogens is 303 g/mol. The number of hydrogen-bond donors (Lipinski definition) is 2. The molecule has 0 spiro atoms. The molecule has 2 heterocycles. The molecule has 1 aliphatic heterocycles. The van der Waals surface area contributed by atoms with E-state index in [-0.39, 0.29) is 11.7 Å². The summed E-state index contributed by atoms with van der Waals surface area (Å²) in [5.74, 6) is -0.216. The van der Waals surface area contributed by atoms with Gasteiger partial charge < -0.3 is 9.80 Å². The number of thiazole rings is 1. The van der Waals surface area contributed by atoms with Crippen LogP contribution in [0.1, 0.15) is 0 Å². The van der Waals surface area contributed by atoms with Crippen LogP contribution in [-0.4, -0.2) is 43.6 Å². The van der Waals surface area contributed by atoms with E-state index in [0.29, 0.717) is 11.7 Å². The van der Waals surface area contributed by atoms with Gasteiger partial charge in [-0.25, -0.2) is 9.37 Å². The van der Waals surface area contributed by atoms with E-state index in [1.165, 1.54) is 28.4 Å². The van der Waals surface area contributed by atoms with Crippen LogP contribution in [0.25, 0.3) is 0 Å². The standard InChI is InChI=1S/C15H17FN4OS/c16-12-1-3-13(4-2-12)20-8-6-19(7-9-20)11-14(21)18-15-17-5-10-22-15/h1-5,10H,6-9,11H2,(H,17,18,21)/p+1. The lowest BCUT2D eigenvalue weighted by atomic mass is 10.2. The van der Waals surface area contributed by atoms with Gasteiger partial charge in [0.2, 0.25) is 0 Å². The van der Waals surface area contributed by atoms with E-state index in [9.17, 15) is 9.18 Å². The minimum atomic E-state index is -0.216. The summed E-state index contributed by atoms with van der Waals surface area (Å²) >= 11 is 1.42. The average molecular weight is 321 g/mol. The van der Waals surface area contributed by atoms with Crippen molar-refractivity contribution in [1.82, 2.24) is 4.98 Å². The van der Waals surface area contributed by atoms with Crippen LogP contribution in [0.3, 0.4) is 0 Å². The van der Waals surface area contributed by atoms with Gasteiger partial charge in [0.05, 0.1) is 26.2 Å². The van der Waals surface area contributed by atoms with Gasteiger partial charge in [-0.05, 0) is 24.3 Å². The SMILES string of the molecule is O=C(C[NH+]1CCN(c2ccc(F)cc2)CC1)Nc1nccs1. The first-order valence-corrected chi connectivity index (χ1v) is 8.12. The molecule has 7 heteroatoms. The van der Waals surface area contributed by atoms with Crippen molar-refractivity contribution in [3.8, 4) is 0 Å². The number of nitrogens with zero attached hydrogens (tertiary/aromatic N) is 2. The van der Waals surface area contributed by atoms with Crippen LogP contribution in [0.15, 0.2) is 35.8 Å². The number of amides is 1. The molecule has 0 bridgehead atoms. The van der Waals surface area contributed by atoms with Crippen molar-refractivity contribution in [2.24, 2.45) is 0 Å². The third-order valence-electron chi connectivity index (χ3n) is 3.75. The summed E-state index contributed by atoms with van der Waals surface area (Å²) < 4.78 is 12.9. The maximum absolute atomic E-state index is 12.9. The van der Waals surface area contributed by atoms with Gasteiger partial charge in [-0.15, -0.1) is 11.3 Å². The molecule has 22 heavy (non-hydrogen) atoms. The molecule has 0 saturated carbocycles. The lowest BCUT2D eigenvalue weighted by molar-refractivity contribution is -0.892. The maximum Gasteiger partial charge on any atom is 0.281 e. The summed E-state index contributed by atoms with van der Waals surface area (Å²) in [5.41, 5.74) is 1.03. The number of piperazine rings is 1. The second-order valence-electron chi connectivity index (χ2n) is 5.28. The predicted molar refractivity (Wildman–Crippen MR) is 84.9 cm³/mol. The Balaban J connectivity index is 1.47. The molecule has 1 saturated heterocycles. The van der Waals surface area contributed by atoms with Crippen LogP contribution in [-0.2, 0) is 4.79 Å². The molecule has 1 aliphatic rings. The van der Waals surface area contributed by atoms with Crippen LogP contribution in [0.4, 0.5) is 15.2 Å². The van der Waals surface area contributed by atoms with Crippen molar-refractivity contribution in [1.29, 1.82) is 0 Å². The molecule has 1 amide bonds. The minimum absolute atomic E-state index is 0.000169. The zero-order chi connectivity index (χ0) is 15.4. The fourth-order valence-electron chi connectivity index (χ4n) is 2.59. The van der Waals surface area contributed by atoms with Gasteiger partial charge in [0.1, 0.15) is 5.82 Å². The van der Waals surface area contributed by atoms with E-state index < -0.39 is 0 Å². The number of quaternary nitrogens is 1. The molecule has 0 atom stereocenters. The Labute approximate surface area is 132 Å². The van der Waals surface area contributed by atoms with Crippen LogP contribution in [0, 0.1) is 5.82 Å². The molecule has 2 N–H and O–H groups in total. The largest absolute Gasteiger partial charge is 0.360 e. The maximum atomic E-state index is 12.9. The summed E-state index contributed by atoms with van der Waals surface area (Å²) in [6, 6.07) is 6.57. The number of rotatable bonds is 4. The monoisotopic (exact) mass is 321 g/mol. The van der Waals surface area contributed by atoms with E-state index >= 15 is 0 Å². The third-order valence-corrected chi connectivity index (χ3v) is 4.44.